The van der Waals surface area contributed by atoms with Crippen LogP contribution in [-0.2, 0) is 7.05 Å². The zero-order valence-corrected chi connectivity index (χ0v) is 9.87. The molecule has 1 aliphatic carbocycles. The third kappa shape index (κ3) is 1.73. The van der Waals surface area contributed by atoms with E-state index in [2.05, 4.69) is 21.0 Å². The molecule has 1 fully saturated rings. The van der Waals surface area contributed by atoms with Crippen LogP contribution in [-0.4, -0.2) is 14.9 Å². The maximum absolute atomic E-state index is 10.1. The van der Waals surface area contributed by atoms with Crippen molar-refractivity contribution in [3.63, 3.8) is 0 Å². The molecular weight excluding hydrogens is 244 g/mol. The molecule has 0 spiro atoms. The molecule has 1 heterocycles. The molecule has 1 aromatic heterocycles. The molecule has 0 bridgehead atoms. The van der Waals surface area contributed by atoms with Crippen molar-refractivity contribution in [2.75, 3.05) is 0 Å². The Morgan fingerprint density at radius 1 is 1.57 bits per heavy atom. The Morgan fingerprint density at radius 3 is 2.71 bits per heavy atom. The molecule has 1 saturated carbocycles. The van der Waals surface area contributed by atoms with Crippen molar-refractivity contribution in [2.45, 2.75) is 31.8 Å². The van der Waals surface area contributed by atoms with Crippen LogP contribution in [0.1, 0.15) is 37.4 Å². The molecule has 0 saturated heterocycles. The van der Waals surface area contributed by atoms with E-state index in [0.717, 1.165) is 23.0 Å². The van der Waals surface area contributed by atoms with E-state index >= 15 is 0 Å². The molecule has 14 heavy (non-hydrogen) atoms. The lowest BCUT2D eigenvalue weighted by atomic mass is 9.97. The van der Waals surface area contributed by atoms with Crippen LogP contribution in [0.25, 0.3) is 0 Å². The van der Waals surface area contributed by atoms with Crippen LogP contribution < -0.4 is 0 Å². The highest BCUT2D eigenvalue weighted by atomic mass is 79.9. The first-order valence-electron chi connectivity index (χ1n) is 5.05. The van der Waals surface area contributed by atoms with Crippen LogP contribution in [0.15, 0.2) is 10.8 Å². The fourth-order valence-corrected chi connectivity index (χ4v) is 2.59. The number of rotatable bonds is 2. The molecule has 3 nitrogen and oxygen atoms in total. The Bertz CT molecular complexity index is 318. The quantitative estimate of drug-likeness (QED) is 0.885. The van der Waals surface area contributed by atoms with Gasteiger partial charge in [0.05, 0.1) is 12.3 Å². The Kier molecular flexibility index (Phi) is 2.93. The molecule has 0 aromatic carbocycles. The number of aromatic nitrogens is 2. The van der Waals surface area contributed by atoms with Crippen molar-refractivity contribution in [1.82, 2.24) is 9.78 Å². The molecule has 2 rings (SSSR count). The molecule has 0 amide bonds. The van der Waals surface area contributed by atoms with Gasteiger partial charge in [-0.2, -0.15) is 5.10 Å². The molecular formula is C10H15BrN2O. The minimum Gasteiger partial charge on any atom is -0.388 e. The van der Waals surface area contributed by atoms with E-state index in [9.17, 15) is 5.11 Å². The molecule has 1 aliphatic rings. The molecule has 0 aliphatic heterocycles. The number of nitrogens with zero attached hydrogens (tertiary/aromatic N) is 2. The molecule has 1 aromatic rings. The maximum Gasteiger partial charge on any atom is 0.109 e. The van der Waals surface area contributed by atoms with Crippen LogP contribution >= 0.6 is 15.9 Å². The van der Waals surface area contributed by atoms with Gasteiger partial charge in [0.1, 0.15) is 4.60 Å². The standard InChI is InChI=1S/C10H15BrN2O/c1-13-10(11)8(6-12-13)9(14)7-4-2-3-5-7/h6-7,9,14H,2-5H2,1H3. The van der Waals surface area contributed by atoms with Crippen LogP contribution in [0.2, 0.25) is 0 Å². The van der Waals surface area contributed by atoms with Gasteiger partial charge in [0.15, 0.2) is 0 Å². The van der Waals surface area contributed by atoms with Gasteiger partial charge in [-0.15, -0.1) is 0 Å². The Hall–Kier alpha value is -0.350. The first-order chi connectivity index (χ1) is 6.70. The van der Waals surface area contributed by atoms with Gasteiger partial charge in [-0.25, -0.2) is 0 Å². The lowest BCUT2D eigenvalue weighted by molar-refractivity contribution is 0.111. The molecule has 1 unspecified atom stereocenters. The van der Waals surface area contributed by atoms with Crippen molar-refractivity contribution in [1.29, 1.82) is 0 Å². The van der Waals surface area contributed by atoms with Gasteiger partial charge in [0.25, 0.3) is 0 Å². The third-order valence-electron chi connectivity index (χ3n) is 3.06. The van der Waals surface area contributed by atoms with Crippen LogP contribution in [0.5, 0.6) is 0 Å². The summed E-state index contributed by atoms with van der Waals surface area (Å²) in [5.41, 5.74) is 0.930. The smallest absolute Gasteiger partial charge is 0.109 e. The van der Waals surface area contributed by atoms with Gasteiger partial charge >= 0.3 is 0 Å². The first-order valence-corrected chi connectivity index (χ1v) is 5.85. The van der Waals surface area contributed by atoms with Crippen LogP contribution in [0.4, 0.5) is 0 Å². The summed E-state index contributed by atoms with van der Waals surface area (Å²) < 4.78 is 2.64. The number of aryl methyl sites for hydroxylation is 1. The average Bonchev–Trinajstić information content (AvgIpc) is 2.77. The minimum absolute atomic E-state index is 0.347. The van der Waals surface area contributed by atoms with Crippen LogP contribution in [0.3, 0.4) is 0 Å². The second-order valence-corrected chi connectivity index (χ2v) is 4.75. The van der Waals surface area contributed by atoms with E-state index in [4.69, 9.17) is 0 Å². The highest BCUT2D eigenvalue weighted by molar-refractivity contribution is 9.10. The summed E-state index contributed by atoms with van der Waals surface area (Å²) in [5.74, 6) is 0.426. The van der Waals surface area contributed by atoms with Crippen molar-refractivity contribution < 1.29 is 5.11 Å². The largest absolute Gasteiger partial charge is 0.388 e. The van der Waals surface area contributed by atoms with Crippen molar-refractivity contribution in [3.8, 4) is 0 Å². The SMILES string of the molecule is Cn1ncc(C(O)C2CCCC2)c1Br. The first kappa shape index (κ1) is 10.2. The Morgan fingerprint density at radius 2 is 2.21 bits per heavy atom. The molecule has 0 radical (unpaired) electrons. The highest BCUT2D eigenvalue weighted by Crippen LogP contribution is 2.37. The third-order valence-corrected chi connectivity index (χ3v) is 4.03. The monoisotopic (exact) mass is 258 g/mol. The summed E-state index contributed by atoms with van der Waals surface area (Å²) in [5, 5.41) is 14.2. The lowest BCUT2D eigenvalue weighted by Gasteiger charge is -2.16. The van der Waals surface area contributed by atoms with Crippen LogP contribution in [0, 0.1) is 5.92 Å². The van der Waals surface area contributed by atoms with E-state index < -0.39 is 0 Å². The van der Waals surface area contributed by atoms with Gasteiger partial charge in [-0.05, 0) is 34.7 Å². The summed E-state index contributed by atoms with van der Waals surface area (Å²) >= 11 is 3.44. The second-order valence-electron chi connectivity index (χ2n) is 4.00. The summed E-state index contributed by atoms with van der Waals surface area (Å²) in [6.45, 7) is 0. The number of halogens is 1. The van der Waals surface area contributed by atoms with Gasteiger partial charge in [0.2, 0.25) is 0 Å². The van der Waals surface area contributed by atoms with Gasteiger partial charge < -0.3 is 5.11 Å². The van der Waals surface area contributed by atoms with E-state index in [0.29, 0.717) is 5.92 Å². The number of aliphatic hydroxyl groups excluding tert-OH is 1. The fourth-order valence-electron chi connectivity index (χ4n) is 2.17. The van der Waals surface area contributed by atoms with Gasteiger partial charge in [-0.1, -0.05) is 12.8 Å². The van der Waals surface area contributed by atoms with Crippen molar-refractivity contribution >= 4 is 15.9 Å². The number of aliphatic hydroxyl groups is 1. The van der Waals surface area contributed by atoms with Crippen molar-refractivity contribution in [2.24, 2.45) is 13.0 Å². The molecule has 1 N–H and O–H groups in total. The number of hydrogen-bond donors (Lipinski definition) is 1. The average molecular weight is 259 g/mol. The fraction of sp³-hybridized carbons (Fsp3) is 0.700. The van der Waals surface area contributed by atoms with E-state index in [-0.39, 0.29) is 6.10 Å². The molecule has 4 heteroatoms. The zero-order valence-electron chi connectivity index (χ0n) is 8.28. The van der Waals surface area contributed by atoms with E-state index in [1.165, 1.54) is 12.8 Å². The summed E-state index contributed by atoms with van der Waals surface area (Å²) in [6, 6.07) is 0. The van der Waals surface area contributed by atoms with Gasteiger partial charge in [0, 0.05) is 12.6 Å². The number of hydrogen-bond acceptors (Lipinski definition) is 2. The highest BCUT2D eigenvalue weighted by Gasteiger charge is 2.27. The zero-order chi connectivity index (χ0) is 10.1. The topological polar surface area (TPSA) is 38.0 Å². The Labute approximate surface area is 92.2 Å². The molecule has 78 valence electrons. The summed E-state index contributed by atoms with van der Waals surface area (Å²) in [6.07, 6.45) is 6.19. The predicted molar refractivity (Wildman–Crippen MR) is 57.8 cm³/mol. The summed E-state index contributed by atoms with van der Waals surface area (Å²) in [4.78, 5) is 0. The lowest BCUT2D eigenvalue weighted by Crippen LogP contribution is -2.08. The van der Waals surface area contributed by atoms with Crippen molar-refractivity contribution in [3.05, 3.63) is 16.4 Å². The van der Waals surface area contributed by atoms with Gasteiger partial charge in [-0.3, -0.25) is 4.68 Å². The van der Waals surface area contributed by atoms with E-state index in [1.54, 1.807) is 10.9 Å². The predicted octanol–water partition coefficient (Wildman–Crippen LogP) is 2.41. The molecule has 1 atom stereocenters. The normalized spacial score (nSPS) is 20.2. The second kappa shape index (κ2) is 4.03. The minimum atomic E-state index is -0.347. The Balaban J connectivity index is 2.17. The van der Waals surface area contributed by atoms with E-state index in [1.807, 2.05) is 7.05 Å². The maximum atomic E-state index is 10.1. The summed E-state index contributed by atoms with van der Waals surface area (Å²) in [7, 11) is 1.87.